The maximum atomic E-state index is 13.6. The molecule has 2 nitrogen and oxygen atoms in total. The van der Waals surface area contributed by atoms with Crippen LogP contribution in [0.5, 0.6) is 5.75 Å². The van der Waals surface area contributed by atoms with Crippen LogP contribution in [0.15, 0.2) is 30.3 Å². The summed E-state index contributed by atoms with van der Waals surface area (Å²) in [5.41, 5.74) is 3.08. The van der Waals surface area contributed by atoms with Gasteiger partial charge in [0.1, 0.15) is 11.6 Å². The number of benzene rings is 2. The summed E-state index contributed by atoms with van der Waals surface area (Å²) in [6, 6.07) is 9.07. The van der Waals surface area contributed by atoms with Gasteiger partial charge in [-0.3, -0.25) is 0 Å². The second-order valence-electron chi connectivity index (χ2n) is 7.67. The first-order chi connectivity index (χ1) is 12.5. The normalized spacial score (nSPS) is 11.6. The molecule has 148 valence electrons. The molecular weight excluding hydrogens is 439 g/mol. The third kappa shape index (κ3) is 8.01. The van der Waals surface area contributed by atoms with Crippen molar-refractivity contribution >= 4 is 37.8 Å². The molecule has 0 bridgehead atoms. The summed E-state index contributed by atoms with van der Waals surface area (Å²) in [5, 5.41) is 12.5. The van der Waals surface area contributed by atoms with Gasteiger partial charge in [0.05, 0.1) is 0 Å². The molecule has 0 saturated carbocycles. The topological polar surface area (TPSA) is 23.5 Å². The van der Waals surface area contributed by atoms with E-state index >= 15 is 0 Å². The Labute approximate surface area is 180 Å². The van der Waals surface area contributed by atoms with E-state index in [1.807, 2.05) is 32.0 Å². The predicted molar refractivity (Wildman–Crippen MR) is 115 cm³/mol. The van der Waals surface area contributed by atoms with Crippen LogP contribution in [0, 0.1) is 12.7 Å². The second-order valence-corrected chi connectivity index (χ2v) is 11.6. The number of nitrogens with zero attached hydrogens (tertiary/aromatic N) is 1. The molecule has 0 aliphatic heterocycles. The van der Waals surface area contributed by atoms with Crippen LogP contribution in [0.1, 0.15) is 37.5 Å². The van der Waals surface area contributed by atoms with Gasteiger partial charge in [-0.15, -0.1) is 0 Å². The number of hydrogen-bond donors (Lipinski definition) is 1. The van der Waals surface area contributed by atoms with E-state index in [-0.39, 0.29) is 11.2 Å². The summed E-state index contributed by atoms with van der Waals surface area (Å²) in [7, 11) is 14.0. The molecule has 7 heteroatoms. The molecular formula is C20H27Cl2FNOPTi. The summed E-state index contributed by atoms with van der Waals surface area (Å²) in [6.45, 7) is 9.12. The third-order valence-corrected chi connectivity index (χ3v) is 5.40. The molecule has 2 aromatic carbocycles. The van der Waals surface area contributed by atoms with Gasteiger partial charge < -0.3 is 10.0 Å². The second kappa shape index (κ2) is 11.1. The van der Waals surface area contributed by atoms with Crippen LogP contribution >= 0.6 is 27.2 Å². The molecule has 0 fully saturated rings. The van der Waals surface area contributed by atoms with E-state index < -0.39 is 17.0 Å². The Bertz CT molecular complexity index is 766. The van der Waals surface area contributed by atoms with Crippen molar-refractivity contribution in [2.45, 2.75) is 39.7 Å². The SMILES string of the molecule is Cc1cc(C(C)(C)C)cc(Pc2ccc(F)cc2CN(C)C)c1O.[Cl][Ti][Cl]. The first kappa shape index (κ1) is 24.9. The van der Waals surface area contributed by atoms with Gasteiger partial charge >= 0.3 is 35.6 Å². The molecule has 0 aromatic heterocycles. The van der Waals surface area contributed by atoms with Gasteiger partial charge in [-0.2, -0.15) is 0 Å². The fraction of sp³-hybridized carbons (Fsp3) is 0.400. The van der Waals surface area contributed by atoms with Crippen molar-refractivity contribution in [1.82, 2.24) is 4.90 Å². The standard InChI is InChI=1S/C20H27FNOP.2ClH.Ti/c1-13-9-15(20(2,3)4)11-18(19(13)23)24-17-8-7-16(21)10-14(17)12-22(5)6;;;/h7-11,23-24H,12H2,1-6H3;2*1H;/q;;;+2/p-2. The van der Waals surface area contributed by atoms with E-state index in [1.165, 1.54) is 11.6 Å². The van der Waals surface area contributed by atoms with Crippen LogP contribution in [-0.2, 0) is 29.0 Å². The minimum absolute atomic E-state index is 0.0208. The van der Waals surface area contributed by atoms with Crippen molar-refractivity contribution in [3.63, 3.8) is 0 Å². The number of rotatable bonds is 4. The Kier molecular flexibility index (Phi) is 10.3. The summed E-state index contributed by atoms with van der Waals surface area (Å²) in [5.74, 6) is 0.130. The fourth-order valence-corrected chi connectivity index (χ4v) is 3.92. The maximum absolute atomic E-state index is 13.6. The number of phenols is 1. The monoisotopic (exact) mass is 465 g/mol. The van der Waals surface area contributed by atoms with E-state index in [9.17, 15) is 9.50 Å². The van der Waals surface area contributed by atoms with Gasteiger partial charge in [-0.05, 0) is 66.6 Å². The zero-order valence-corrected chi connectivity index (χ0v) is 20.7. The summed E-state index contributed by atoms with van der Waals surface area (Å²) in [6.07, 6.45) is 0. The molecule has 0 aliphatic rings. The molecule has 0 aliphatic carbocycles. The molecule has 2 aromatic rings. The van der Waals surface area contributed by atoms with Gasteiger partial charge in [0, 0.05) is 11.8 Å². The first-order valence-electron chi connectivity index (χ1n) is 8.50. The average Bonchev–Trinajstić information content (AvgIpc) is 2.53. The van der Waals surface area contributed by atoms with Crippen LogP contribution in [0.3, 0.4) is 0 Å². The van der Waals surface area contributed by atoms with Crippen molar-refractivity contribution < 1.29 is 26.5 Å². The van der Waals surface area contributed by atoms with E-state index in [2.05, 4.69) is 32.9 Å². The zero-order chi connectivity index (χ0) is 20.8. The van der Waals surface area contributed by atoms with Crippen molar-refractivity contribution in [3.8, 4) is 5.75 Å². The molecule has 1 atom stereocenters. The van der Waals surface area contributed by atoms with E-state index in [1.54, 1.807) is 6.07 Å². The molecule has 0 amide bonds. The zero-order valence-electron chi connectivity index (χ0n) is 16.6. The molecule has 27 heavy (non-hydrogen) atoms. The molecule has 0 radical (unpaired) electrons. The Hall–Kier alpha value is -0.146. The molecule has 0 heterocycles. The van der Waals surface area contributed by atoms with E-state index in [0.29, 0.717) is 20.9 Å². The molecule has 1 N–H and O–H groups in total. The van der Waals surface area contributed by atoms with Gasteiger partial charge in [0.25, 0.3) is 0 Å². The van der Waals surface area contributed by atoms with Gasteiger partial charge in [-0.25, -0.2) is 4.39 Å². The van der Waals surface area contributed by atoms with E-state index in [4.69, 9.17) is 18.6 Å². The van der Waals surface area contributed by atoms with Crippen molar-refractivity contribution in [3.05, 3.63) is 52.8 Å². The Morgan fingerprint density at radius 2 is 1.70 bits per heavy atom. The molecule has 0 spiro atoms. The third-order valence-electron chi connectivity index (χ3n) is 3.99. The van der Waals surface area contributed by atoms with Gasteiger partial charge in [0.2, 0.25) is 0 Å². The Morgan fingerprint density at radius 1 is 1.11 bits per heavy atom. The van der Waals surface area contributed by atoms with Crippen molar-refractivity contribution in [2.75, 3.05) is 14.1 Å². The van der Waals surface area contributed by atoms with Crippen LogP contribution in [0.25, 0.3) is 0 Å². The van der Waals surface area contributed by atoms with E-state index in [0.717, 1.165) is 21.7 Å². The summed E-state index contributed by atoms with van der Waals surface area (Å²) < 4.78 is 13.6. The van der Waals surface area contributed by atoms with Gasteiger partial charge in [0.15, 0.2) is 0 Å². The average molecular weight is 466 g/mol. The molecule has 1 unspecified atom stereocenters. The van der Waals surface area contributed by atoms with Gasteiger partial charge in [-0.1, -0.05) is 41.5 Å². The van der Waals surface area contributed by atoms with Crippen LogP contribution in [-0.4, -0.2) is 24.1 Å². The van der Waals surface area contributed by atoms with Crippen LogP contribution in [0.4, 0.5) is 4.39 Å². The van der Waals surface area contributed by atoms with Crippen molar-refractivity contribution in [2.24, 2.45) is 0 Å². The summed E-state index contributed by atoms with van der Waals surface area (Å²) in [4.78, 5) is 2.03. The predicted octanol–water partition coefficient (Wildman–Crippen LogP) is 5.20. The molecule has 2 rings (SSSR count). The van der Waals surface area contributed by atoms with Crippen LogP contribution in [0.2, 0.25) is 0 Å². The minimum atomic E-state index is -0.556. The number of hydrogen-bond acceptors (Lipinski definition) is 2. The number of aryl methyl sites for hydroxylation is 1. The Morgan fingerprint density at radius 3 is 2.22 bits per heavy atom. The number of aromatic hydroxyl groups is 1. The molecule has 0 saturated heterocycles. The number of phenolic OH excluding ortho intramolecular Hbond substituents is 1. The van der Waals surface area contributed by atoms with Crippen molar-refractivity contribution in [1.29, 1.82) is 0 Å². The number of halogens is 3. The first-order valence-corrected chi connectivity index (χ1v) is 13.8. The fourth-order valence-electron chi connectivity index (χ4n) is 2.61. The van der Waals surface area contributed by atoms with Crippen LogP contribution < -0.4 is 10.6 Å². The Balaban J connectivity index is 0.00000114. The summed E-state index contributed by atoms with van der Waals surface area (Å²) >= 11 is -0.556. The quantitative estimate of drug-likeness (QED) is 0.495.